The molecule has 0 aromatic carbocycles. The highest BCUT2D eigenvalue weighted by atomic mass is 28.4. The van der Waals surface area contributed by atoms with Crippen molar-refractivity contribution in [2.75, 3.05) is 6.61 Å². The minimum absolute atomic E-state index is 0.683. The van der Waals surface area contributed by atoms with Crippen LogP contribution in [0.5, 0.6) is 0 Å². The van der Waals surface area contributed by atoms with E-state index in [0.717, 1.165) is 12.4 Å². The first-order chi connectivity index (χ1) is 6.49. The molecule has 2 nitrogen and oxygen atoms in total. The Morgan fingerprint density at radius 3 is 2.29 bits per heavy atom. The maximum absolute atomic E-state index is 5.80. The Balaban J connectivity index is 4.06. The molecule has 0 spiro atoms. The molecule has 0 atom stereocenters. The Bertz CT molecular complexity index is 171. The zero-order chi connectivity index (χ0) is 11.0. The van der Waals surface area contributed by atoms with Crippen LogP contribution in [0.4, 0.5) is 0 Å². The molecule has 0 saturated heterocycles. The molecule has 14 heavy (non-hydrogen) atoms. The van der Waals surface area contributed by atoms with Crippen molar-refractivity contribution in [1.82, 2.24) is 0 Å². The summed E-state index contributed by atoms with van der Waals surface area (Å²) in [7, 11) is -1.51. The number of hydrogen-bond acceptors (Lipinski definition) is 2. The summed E-state index contributed by atoms with van der Waals surface area (Å²) in [5, 5.41) is 0. The van der Waals surface area contributed by atoms with E-state index in [1.54, 1.807) is 0 Å². The van der Waals surface area contributed by atoms with Crippen LogP contribution in [0.3, 0.4) is 0 Å². The fraction of sp³-hybridized carbons (Fsp3) is 0.818. The molecule has 0 bridgehead atoms. The molecule has 0 amide bonds. The third-order valence-electron chi connectivity index (χ3n) is 1.56. The Morgan fingerprint density at radius 2 is 1.86 bits per heavy atom. The first-order valence-corrected chi connectivity index (χ1v) is 8.92. The number of ether oxygens (including phenoxy) is 1. The predicted octanol–water partition coefficient (Wildman–Crippen LogP) is 3.91. The molecule has 0 aliphatic carbocycles. The fourth-order valence-electron chi connectivity index (χ4n) is 0.998. The van der Waals surface area contributed by atoms with Gasteiger partial charge in [-0.15, -0.1) is 0 Å². The molecular formula is C11H24O2Si. The summed E-state index contributed by atoms with van der Waals surface area (Å²) in [4.78, 5) is 0. The van der Waals surface area contributed by atoms with Gasteiger partial charge in [-0.25, -0.2) is 0 Å². The van der Waals surface area contributed by atoms with Crippen LogP contribution in [-0.2, 0) is 9.16 Å². The van der Waals surface area contributed by atoms with Crippen molar-refractivity contribution in [3.63, 3.8) is 0 Å². The smallest absolute Gasteiger partial charge is 0.261 e. The van der Waals surface area contributed by atoms with Crippen LogP contribution in [0.2, 0.25) is 19.6 Å². The van der Waals surface area contributed by atoms with Gasteiger partial charge in [0.25, 0.3) is 5.95 Å². The molecule has 0 saturated carbocycles. The summed E-state index contributed by atoms with van der Waals surface area (Å²) in [5.41, 5.74) is 0. The monoisotopic (exact) mass is 216 g/mol. The van der Waals surface area contributed by atoms with Crippen molar-refractivity contribution in [1.29, 1.82) is 0 Å². The predicted molar refractivity (Wildman–Crippen MR) is 63.7 cm³/mol. The molecule has 0 aromatic heterocycles. The van der Waals surface area contributed by atoms with E-state index < -0.39 is 8.32 Å². The van der Waals surface area contributed by atoms with Gasteiger partial charge in [-0.05, 0) is 45.5 Å². The van der Waals surface area contributed by atoms with E-state index >= 15 is 0 Å². The number of hydrogen-bond donors (Lipinski definition) is 0. The summed E-state index contributed by atoms with van der Waals surface area (Å²) >= 11 is 0. The number of unbranched alkanes of at least 4 members (excludes halogenated alkanes) is 2. The van der Waals surface area contributed by atoms with E-state index in [1.165, 1.54) is 12.8 Å². The van der Waals surface area contributed by atoms with Crippen molar-refractivity contribution >= 4 is 8.32 Å². The summed E-state index contributed by atoms with van der Waals surface area (Å²) in [5.74, 6) is 0.736. The van der Waals surface area contributed by atoms with Gasteiger partial charge >= 0.3 is 0 Å². The third kappa shape index (κ3) is 8.17. The second-order valence-corrected chi connectivity index (χ2v) is 8.74. The second kappa shape index (κ2) is 6.93. The molecule has 0 aromatic rings. The van der Waals surface area contributed by atoms with Crippen LogP contribution in [-0.4, -0.2) is 14.9 Å². The lowest BCUT2D eigenvalue weighted by atomic mass is 10.2. The second-order valence-electron chi connectivity index (χ2n) is 4.31. The maximum Gasteiger partial charge on any atom is 0.261 e. The zero-order valence-electron chi connectivity index (χ0n) is 10.2. The average molecular weight is 216 g/mol. The van der Waals surface area contributed by atoms with Gasteiger partial charge in [-0.2, -0.15) is 0 Å². The van der Waals surface area contributed by atoms with Crippen LogP contribution in [0.1, 0.15) is 33.1 Å². The normalized spacial score (nSPS) is 12.8. The Hall–Kier alpha value is -0.443. The first kappa shape index (κ1) is 13.6. The van der Waals surface area contributed by atoms with Crippen LogP contribution in [0.25, 0.3) is 0 Å². The SMILES string of the molecule is CCCCC=C(OCC)O[Si](C)(C)C. The van der Waals surface area contributed by atoms with Gasteiger partial charge in [0.2, 0.25) is 8.32 Å². The standard InChI is InChI=1S/C11H24O2Si/c1-6-8-9-10-11(12-7-2)13-14(3,4)5/h10H,6-9H2,1-5H3. The molecule has 0 aliphatic heterocycles. The van der Waals surface area contributed by atoms with Gasteiger partial charge in [0.15, 0.2) is 0 Å². The summed E-state index contributed by atoms with van der Waals surface area (Å²) in [6.07, 6.45) is 5.54. The van der Waals surface area contributed by atoms with Crippen molar-refractivity contribution in [3.05, 3.63) is 12.0 Å². The molecule has 0 heterocycles. The highest BCUT2D eigenvalue weighted by molar-refractivity contribution is 6.69. The zero-order valence-corrected chi connectivity index (χ0v) is 11.2. The largest absolute Gasteiger partial charge is 0.520 e. The number of allylic oxidation sites excluding steroid dienone is 1. The lowest BCUT2D eigenvalue weighted by Crippen LogP contribution is -2.25. The summed E-state index contributed by atoms with van der Waals surface area (Å²) < 4.78 is 11.2. The van der Waals surface area contributed by atoms with Crippen molar-refractivity contribution < 1.29 is 9.16 Å². The molecule has 0 rings (SSSR count). The molecule has 0 fully saturated rings. The fourth-order valence-corrected chi connectivity index (χ4v) is 1.74. The van der Waals surface area contributed by atoms with Gasteiger partial charge < -0.3 is 9.16 Å². The highest BCUT2D eigenvalue weighted by Gasteiger charge is 2.18. The van der Waals surface area contributed by atoms with Gasteiger partial charge in [0, 0.05) is 0 Å². The third-order valence-corrected chi connectivity index (χ3v) is 2.38. The molecule has 0 aliphatic rings. The molecule has 3 heteroatoms. The number of rotatable bonds is 7. The Morgan fingerprint density at radius 1 is 1.21 bits per heavy atom. The van der Waals surface area contributed by atoms with E-state index in [-0.39, 0.29) is 0 Å². The summed E-state index contributed by atoms with van der Waals surface area (Å²) in [6, 6.07) is 0. The average Bonchev–Trinajstić information content (AvgIpc) is 2.02. The molecule has 84 valence electrons. The maximum atomic E-state index is 5.80. The van der Waals surface area contributed by atoms with Crippen LogP contribution >= 0.6 is 0 Å². The molecule has 0 unspecified atom stereocenters. The van der Waals surface area contributed by atoms with Crippen LogP contribution in [0, 0.1) is 0 Å². The quantitative estimate of drug-likeness (QED) is 0.365. The van der Waals surface area contributed by atoms with Crippen LogP contribution in [0.15, 0.2) is 12.0 Å². The van der Waals surface area contributed by atoms with E-state index in [9.17, 15) is 0 Å². The molecule has 0 N–H and O–H groups in total. The minimum atomic E-state index is -1.51. The summed E-state index contributed by atoms with van der Waals surface area (Å²) in [6.45, 7) is 11.4. The van der Waals surface area contributed by atoms with E-state index in [0.29, 0.717) is 6.61 Å². The van der Waals surface area contributed by atoms with Crippen molar-refractivity contribution in [3.8, 4) is 0 Å². The van der Waals surface area contributed by atoms with E-state index in [1.807, 2.05) is 6.92 Å². The lowest BCUT2D eigenvalue weighted by molar-refractivity contribution is 0.111. The lowest BCUT2D eigenvalue weighted by Gasteiger charge is -2.21. The van der Waals surface area contributed by atoms with Gasteiger partial charge in [0.1, 0.15) is 0 Å². The Labute approximate surface area is 89.4 Å². The molecule has 0 radical (unpaired) electrons. The van der Waals surface area contributed by atoms with Gasteiger partial charge in [-0.1, -0.05) is 13.3 Å². The first-order valence-electron chi connectivity index (χ1n) is 5.51. The molecular weight excluding hydrogens is 192 g/mol. The van der Waals surface area contributed by atoms with Gasteiger partial charge in [0.05, 0.1) is 6.61 Å². The minimum Gasteiger partial charge on any atom is -0.520 e. The Kier molecular flexibility index (Phi) is 6.71. The van der Waals surface area contributed by atoms with Crippen molar-refractivity contribution in [2.45, 2.75) is 52.8 Å². The highest BCUT2D eigenvalue weighted by Crippen LogP contribution is 2.13. The van der Waals surface area contributed by atoms with Crippen LogP contribution < -0.4 is 0 Å². The van der Waals surface area contributed by atoms with Crippen molar-refractivity contribution in [2.24, 2.45) is 0 Å². The van der Waals surface area contributed by atoms with Gasteiger partial charge in [-0.3, -0.25) is 0 Å². The topological polar surface area (TPSA) is 18.5 Å². The van der Waals surface area contributed by atoms with E-state index in [4.69, 9.17) is 9.16 Å². The van der Waals surface area contributed by atoms with E-state index in [2.05, 4.69) is 32.6 Å².